The molecule has 0 bridgehead atoms. The predicted octanol–water partition coefficient (Wildman–Crippen LogP) is 4.75. The lowest BCUT2D eigenvalue weighted by Gasteiger charge is -2.41. The van der Waals surface area contributed by atoms with E-state index in [-0.39, 0.29) is 11.8 Å². The van der Waals surface area contributed by atoms with Gasteiger partial charge < -0.3 is 19.5 Å². The van der Waals surface area contributed by atoms with Gasteiger partial charge in [0.2, 0.25) is 11.8 Å². The van der Waals surface area contributed by atoms with Crippen molar-refractivity contribution in [2.75, 3.05) is 12.9 Å². The zero-order chi connectivity index (χ0) is 26.0. The van der Waals surface area contributed by atoms with Crippen molar-refractivity contribution in [3.63, 3.8) is 0 Å². The lowest BCUT2D eigenvalue weighted by atomic mass is 9.88. The van der Waals surface area contributed by atoms with E-state index < -0.39 is 0 Å². The smallest absolute Gasteiger partial charge is 0.233 e. The molecule has 202 valence electrons. The van der Waals surface area contributed by atoms with Gasteiger partial charge in [-0.2, -0.15) is 0 Å². The molecule has 0 radical (unpaired) electrons. The quantitative estimate of drug-likeness (QED) is 0.424. The summed E-state index contributed by atoms with van der Waals surface area (Å²) < 4.78 is 7.17. The van der Waals surface area contributed by atoms with Crippen molar-refractivity contribution in [3.05, 3.63) is 35.7 Å². The Morgan fingerprint density at radius 2 is 1.62 bits per heavy atom. The second-order valence-corrected chi connectivity index (χ2v) is 11.1. The molecule has 8 nitrogen and oxygen atoms in total. The molecule has 2 aromatic rings. The van der Waals surface area contributed by atoms with Crippen LogP contribution in [0.4, 0.5) is 0 Å². The van der Waals surface area contributed by atoms with Gasteiger partial charge in [0.25, 0.3) is 0 Å². The van der Waals surface area contributed by atoms with Crippen LogP contribution >= 0.6 is 11.8 Å². The Balaban J connectivity index is 1.33. The molecule has 2 aliphatic carbocycles. The van der Waals surface area contributed by atoms with Gasteiger partial charge in [0.05, 0.1) is 25.8 Å². The maximum absolute atomic E-state index is 13.5. The van der Waals surface area contributed by atoms with Crippen LogP contribution in [-0.4, -0.2) is 56.4 Å². The summed E-state index contributed by atoms with van der Waals surface area (Å²) in [6, 6.07) is 8.27. The van der Waals surface area contributed by atoms with Crippen LogP contribution in [0.5, 0.6) is 5.75 Å². The largest absolute Gasteiger partial charge is 0.497 e. The molecule has 9 heteroatoms. The zero-order valence-electron chi connectivity index (χ0n) is 22.3. The fraction of sp³-hybridized carbons (Fsp3) is 0.643. The first-order valence-electron chi connectivity index (χ1n) is 13.8. The average Bonchev–Trinajstić information content (AvgIpc) is 3.34. The molecule has 0 saturated heterocycles. The Hall–Kier alpha value is -2.55. The number of nitrogens with one attached hydrogen (secondary N) is 1. The molecule has 2 saturated carbocycles. The van der Waals surface area contributed by atoms with E-state index in [1.165, 1.54) is 50.3 Å². The summed E-state index contributed by atoms with van der Waals surface area (Å²) >= 11 is 1.47. The van der Waals surface area contributed by atoms with Gasteiger partial charge in [0.15, 0.2) is 11.0 Å². The van der Waals surface area contributed by atoms with Gasteiger partial charge in [0.1, 0.15) is 5.75 Å². The summed E-state index contributed by atoms with van der Waals surface area (Å²) in [4.78, 5) is 28.3. The van der Waals surface area contributed by atoms with Crippen molar-refractivity contribution in [2.45, 2.75) is 108 Å². The molecule has 0 unspecified atom stereocenters. The lowest BCUT2D eigenvalue weighted by Crippen LogP contribution is -2.49. The van der Waals surface area contributed by atoms with Crippen LogP contribution in [0, 0.1) is 0 Å². The monoisotopic (exact) mass is 527 g/mol. The molecule has 1 aromatic carbocycles. The van der Waals surface area contributed by atoms with Crippen molar-refractivity contribution in [1.82, 2.24) is 25.0 Å². The lowest BCUT2D eigenvalue weighted by molar-refractivity contribution is -0.135. The highest BCUT2D eigenvalue weighted by atomic mass is 32.2. The van der Waals surface area contributed by atoms with Gasteiger partial charge in [-0.1, -0.05) is 62.4 Å². The van der Waals surface area contributed by atoms with Gasteiger partial charge in [-0.25, -0.2) is 0 Å². The number of methoxy groups -OCH3 is 1. The second-order valence-electron chi connectivity index (χ2n) is 10.1. The van der Waals surface area contributed by atoms with E-state index in [0.29, 0.717) is 43.2 Å². The minimum Gasteiger partial charge on any atom is -0.497 e. The van der Waals surface area contributed by atoms with E-state index >= 15 is 0 Å². The van der Waals surface area contributed by atoms with E-state index in [0.717, 1.165) is 42.2 Å². The summed E-state index contributed by atoms with van der Waals surface area (Å²) in [7, 11) is 1.62. The highest BCUT2D eigenvalue weighted by Crippen LogP contribution is 2.31. The van der Waals surface area contributed by atoms with Gasteiger partial charge in [-0.15, -0.1) is 10.2 Å². The molecule has 4 rings (SSSR count). The molecule has 2 aliphatic rings. The number of hydrogen-bond donors (Lipinski definition) is 1. The number of ether oxygens (including phenoxy) is 1. The van der Waals surface area contributed by atoms with E-state index in [1.807, 2.05) is 35.8 Å². The number of carbonyl (C=O) groups excluding carboxylic acids is 2. The van der Waals surface area contributed by atoms with Crippen LogP contribution in [0.15, 0.2) is 29.4 Å². The number of rotatable bonds is 11. The molecular weight excluding hydrogens is 486 g/mol. The average molecular weight is 528 g/mol. The highest BCUT2D eigenvalue weighted by molar-refractivity contribution is 7.99. The summed E-state index contributed by atoms with van der Waals surface area (Å²) in [5.41, 5.74) is 0.922. The van der Waals surface area contributed by atoms with Gasteiger partial charge in [0, 0.05) is 18.6 Å². The summed E-state index contributed by atoms with van der Waals surface area (Å²) in [5.74, 6) is 2.02. The molecule has 37 heavy (non-hydrogen) atoms. The van der Waals surface area contributed by atoms with Crippen molar-refractivity contribution >= 4 is 23.6 Å². The normalized spacial score (nSPS) is 16.9. The number of aromatic nitrogens is 3. The van der Waals surface area contributed by atoms with Crippen LogP contribution in [-0.2, 0) is 29.1 Å². The zero-order valence-corrected chi connectivity index (χ0v) is 23.1. The Morgan fingerprint density at radius 1 is 1.00 bits per heavy atom. The maximum Gasteiger partial charge on any atom is 0.233 e. The van der Waals surface area contributed by atoms with E-state index in [4.69, 9.17) is 4.74 Å². The minimum absolute atomic E-state index is 0.0733. The first-order valence-corrected chi connectivity index (χ1v) is 14.8. The third-order valence-electron chi connectivity index (χ3n) is 7.63. The van der Waals surface area contributed by atoms with Gasteiger partial charge >= 0.3 is 0 Å². The second kappa shape index (κ2) is 13.8. The number of amides is 2. The molecule has 1 heterocycles. The highest BCUT2D eigenvalue weighted by Gasteiger charge is 2.32. The SMILES string of the molecule is CCn1c(CNC(=O)Cc2ccc(OC)cc2)nnc1SCC(=O)N(C1CCCCC1)C1CCCCC1. The van der Waals surface area contributed by atoms with E-state index in [9.17, 15) is 9.59 Å². The molecule has 1 aromatic heterocycles. The van der Waals surface area contributed by atoms with Gasteiger partial charge in [-0.05, 0) is 50.3 Å². The molecule has 2 fully saturated rings. The summed E-state index contributed by atoms with van der Waals surface area (Å²) in [6.45, 7) is 3.02. The number of nitrogens with zero attached hydrogens (tertiary/aromatic N) is 4. The molecule has 2 amide bonds. The molecule has 0 atom stereocenters. The van der Waals surface area contributed by atoms with Crippen molar-refractivity contribution in [2.24, 2.45) is 0 Å². The van der Waals surface area contributed by atoms with Crippen molar-refractivity contribution in [1.29, 1.82) is 0 Å². The molecule has 1 N–H and O–H groups in total. The van der Waals surface area contributed by atoms with Gasteiger partial charge in [-0.3, -0.25) is 9.59 Å². The minimum atomic E-state index is -0.0733. The van der Waals surface area contributed by atoms with Crippen LogP contribution in [0.3, 0.4) is 0 Å². The van der Waals surface area contributed by atoms with Crippen molar-refractivity contribution < 1.29 is 14.3 Å². The Labute approximate surface area is 224 Å². The van der Waals surface area contributed by atoms with Crippen molar-refractivity contribution in [3.8, 4) is 5.75 Å². The Morgan fingerprint density at radius 3 is 2.19 bits per heavy atom. The van der Waals surface area contributed by atoms with E-state index in [2.05, 4.69) is 20.4 Å². The van der Waals surface area contributed by atoms with Crippen LogP contribution in [0.25, 0.3) is 0 Å². The summed E-state index contributed by atoms with van der Waals surface area (Å²) in [5, 5.41) is 12.4. The fourth-order valence-electron chi connectivity index (χ4n) is 5.67. The summed E-state index contributed by atoms with van der Waals surface area (Å²) in [6.07, 6.45) is 12.3. The Bertz CT molecular complexity index is 995. The molecular formula is C28H41N5O3S. The fourth-order valence-corrected chi connectivity index (χ4v) is 6.56. The predicted molar refractivity (Wildman–Crippen MR) is 146 cm³/mol. The number of hydrogen-bond acceptors (Lipinski definition) is 6. The molecule has 0 aliphatic heterocycles. The first-order chi connectivity index (χ1) is 18.1. The first kappa shape index (κ1) is 27.5. The maximum atomic E-state index is 13.5. The van der Waals surface area contributed by atoms with Crippen LogP contribution < -0.4 is 10.1 Å². The third-order valence-corrected chi connectivity index (χ3v) is 8.58. The van der Waals surface area contributed by atoms with Crippen LogP contribution in [0.2, 0.25) is 0 Å². The van der Waals surface area contributed by atoms with Crippen LogP contribution in [0.1, 0.15) is 82.5 Å². The third kappa shape index (κ3) is 7.49. The number of thioether (sulfide) groups is 1. The Kier molecular flexibility index (Phi) is 10.3. The van der Waals surface area contributed by atoms with E-state index in [1.54, 1.807) is 7.11 Å². The number of carbonyl (C=O) groups is 2. The molecule has 0 spiro atoms. The standard InChI is InChI=1S/C28H41N5O3S/c1-3-32-25(19-29-26(34)18-21-14-16-24(36-2)17-15-21)30-31-28(32)37-20-27(35)33(22-10-6-4-7-11-22)23-12-8-5-9-13-23/h14-17,22-23H,3-13,18-20H2,1-2H3,(H,29,34). The number of benzene rings is 1. The topological polar surface area (TPSA) is 89.4 Å².